The zero-order valence-corrected chi connectivity index (χ0v) is 20.0. The van der Waals surface area contributed by atoms with Gasteiger partial charge in [0.25, 0.3) is 5.92 Å². The molecule has 0 saturated heterocycles. The van der Waals surface area contributed by atoms with E-state index in [-0.39, 0.29) is 23.6 Å². The van der Waals surface area contributed by atoms with E-state index in [0.29, 0.717) is 34.9 Å². The van der Waals surface area contributed by atoms with Crippen molar-refractivity contribution in [3.05, 3.63) is 81.8 Å². The van der Waals surface area contributed by atoms with Gasteiger partial charge in [0.05, 0.1) is 11.4 Å². The number of hydrogen-bond donors (Lipinski definition) is 1. The van der Waals surface area contributed by atoms with Crippen LogP contribution >= 0.6 is 0 Å². The predicted octanol–water partition coefficient (Wildman–Crippen LogP) is 4.56. The Kier molecular flexibility index (Phi) is 4.89. The minimum atomic E-state index is -2.80. The maximum absolute atomic E-state index is 14.4. The van der Waals surface area contributed by atoms with Crippen molar-refractivity contribution < 1.29 is 8.78 Å². The van der Waals surface area contributed by atoms with Crippen molar-refractivity contribution in [1.29, 1.82) is 0 Å². The van der Waals surface area contributed by atoms with E-state index in [0.717, 1.165) is 22.1 Å². The van der Waals surface area contributed by atoms with E-state index >= 15 is 0 Å². The van der Waals surface area contributed by atoms with Gasteiger partial charge in [-0.1, -0.05) is 18.2 Å². The normalized spacial score (nSPS) is 15.4. The maximum atomic E-state index is 14.4. The molecule has 1 aliphatic rings. The lowest BCUT2D eigenvalue weighted by Gasteiger charge is -2.20. The molecule has 0 spiro atoms. The van der Waals surface area contributed by atoms with Crippen LogP contribution < -0.4 is 10.9 Å². The van der Waals surface area contributed by atoms with Crippen LogP contribution in [0.1, 0.15) is 41.9 Å². The Balaban J connectivity index is 1.51. The number of nitrogens with one attached hydrogen (secondary N) is 1. The van der Waals surface area contributed by atoms with Gasteiger partial charge in [-0.25, -0.2) is 18.7 Å². The van der Waals surface area contributed by atoms with Crippen LogP contribution in [0.15, 0.2) is 53.7 Å². The standard InChI is InChI=1S/C26H23F2N7O/c1-14(17-5-4-6-21-18(17)9-10-26(21,27)28)30-23-20-11-19(16-7-8-22(36)34(3)12-16)25-33-29-13-35(25)24(20)32-15(2)31-23/h4-8,11-14H,9-10H2,1-3H3,(H,30,31,32)/t14-/m1/s1. The first-order valence-corrected chi connectivity index (χ1v) is 11.7. The fourth-order valence-electron chi connectivity index (χ4n) is 5.07. The molecule has 6 rings (SSSR count). The summed E-state index contributed by atoms with van der Waals surface area (Å²) in [5.41, 5.74) is 4.30. The molecule has 8 nitrogen and oxygen atoms in total. The smallest absolute Gasteiger partial charge is 0.273 e. The molecule has 0 aliphatic heterocycles. The van der Waals surface area contributed by atoms with Gasteiger partial charge in [0.2, 0.25) is 5.56 Å². The molecule has 36 heavy (non-hydrogen) atoms. The van der Waals surface area contributed by atoms with Crippen molar-refractivity contribution in [2.45, 2.75) is 38.7 Å². The highest BCUT2D eigenvalue weighted by Gasteiger charge is 2.40. The molecule has 1 N–H and O–H groups in total. The van der Waals surface area contributed by atoms with E-state index in [9.17, 15) is 13.6 Å². The molecule has 1 atom stereocenters. The molecule has 0 amide bonds. The van der Waals surface area contributed by atoms with Gasteiger partial charge in [0.15, 0.2) is 11.3 Å². The van der Waals surface area contributed by atoms with Crippen molar-refractivity contribution >= 4 is 22.5 Å². The molecule has 0 radical (unpaired) electrons. The molecule has 0 saturated carbocycles. The summed E-state index contributed by atoms with van der Waals surface area (Å²) in [5, 5.41) is 12.6. The highest BCUT2D eigenvalue weighted by Crippen LogP contribution is 2.44. The summed E-state index contributed by atoms with van der Waals surface area (Å²) in [6.07, 6.45) is 3.51. The van der Waals surface area contributed by atoms with Crippen molar-refractivity contribution in [1.82, 2.24) is 29.1 Å². The Morgan fingerprint density at radius 1 is 1.14 bits per heavy atom. The van der Waals surface area contributed by atoms with Gasteiger partial charge in [0, 0.05) is 42.4 Å². The fourth-order valence-corrected chi connectivity index (χ4v) is 5.07. The van der Waals surface area contributed by atoms with Gasteiger partial charge in [-0.3, -0.25) is 9.20 Å². The summed E-state index contributed by atoms with van der Waals surface area (Å²) in [5.74, 6) is -1.67. The maximum Gasteiger partial charge on any atom is 0.273 e. The average molecular weight is 488 g/mol. The topological polar surface area (TPSA) is 90.0 Å². The minimum absolute atomic E-state index is 0.112. The van der Waals surface area contributed by atoms with E-state index < -0.39 is 5.92 Å². The monoisotopic (exact) mass is 487 g/mol. The van der Waals surface area contributed by atoms with Gasteiger partial charge < -0.3 is 9.88 Å². The van der Waals surface area contributed by atoms with E-state index in [1.165, 1.54) is 16.7 Å². The van der Waals surface area contributed by atoms with Crippen LogP contribution in [0.4, 0.5) is 14.6 Å². The second-order valence-corrected chi connectivity index (χ2v) is 9.25. The van der Waals surface area contributed by atoms with E-state index in [1.807, 2.05) is 19.1 Å². The number of fused-ring (bicyclic) bond motifs is 4. The first-order chi connectivity index (χ1) is 17.2. The Morgan fingerprint density at radius 2 is 1.97 bits per heavy atom. The molecule has 1 aromatic carbocycles. The SMILES string of the molecule is Cc1nc(N[C@H](C)c2cccc3c2CCC3(F)F)c2cc(-c3ccc(=O)n(C)c3)c3nncn3c2n1. The summed E-state index contributed by atoms with van der Waals surface area (Å²) >= 11 is 0. The van der Waals surface area contributed by atoms with E-state index in [4.69, 9.17) is 0 Å². The largest absolute Gasteiger partial charge is 0.363 e. The molecule has 0 unspecified atom stereocenters. The number of halogens is 2. The number of aromatic nitrogens is 6. The lowest BCUT2D eigenvalue weighted by atomic mass is 9.97. The zero-order valence-electron chi connectivity index (χ0n) is 20.0. The van der Waals surface area contributed by atoms with Crippen molar-refractivity contribution in [3.63, 3.8) is 0 Å². The van der Waals surface area contributed by atoms with Gasteiger partial charge in [0.1, 0.15) is 18.0 Å². The molecular weight excluding hydrogens is 464 g/mol. The Morgan fingerprint density at radius 3 is 2.78 bits per heavy atom. The second-order valence-electron chi connectivity index (χ2n) is 9.25. The minimum Gasteiger partial charge on any atom is -0.363 e. The third-order valence-electron chi connectivity index (χ3n) is 6.85. The molecule has 10 heteroatoms. The van der Waals surface area contributed by atoms with E-state index in [2.05, 4.69) is 25.5 Å². The predicted molar refractivity (Wildman–Crippen MR) is 132 cm³/mol. The lowest BCUT2D eigenvalue weighted by molar-refractivity contribution is -0.00184. The number of hydrogen-bond acceptors (Lipinski definition) is 6. The summed E-state index contributed by atoms with van der Waals surface area (Å²) in [6.45, 7) is 3.74. The summed E-state index contributed by atoms with van der Waals surface area (Å²) < 4.78 is 32.0. The molecule has 4 aromatic heterocycles. The van der Waals surface area contributed by atoms with Crippen LogP contribution in [0.3, 0.4) is 0 Å². The van der Waals surface area contributed by atoms with Gasteiger partial charge in [-0.15, -0.1) is 10.2 Å². The number of pyridine rings is 2. The van der Waals surface area contributed by atoms with Crippen LogP contribution in [0.2, 0.25) is 0 Å². The highest BCUT2D eigenvalue weighted by molar-refractivity contribution is 5.95. The molecule has 182 valence electrons. The van der Waals surface area contributed by atoms with Crippen molar-refractivity contribution in [2.24, 2.45) is 7.05 Å². The van der Waals surface area contributed by atoms with Crippen LogP contribution in [-0.2, 0) is 19.4 Å². The van der Waals surface area contributed by atoms with Gasteiger partial charge in [-0.2, -0.15) is 0 Å². The van der Waals surface area contributed by atoms with Gasteiger partial charge >= 0.3 is 0 Å². The molecule has 5 aromatic rings. The summed E-state index contributed by atoms with van der Waals surface area (Å²) in [6, 6.07) is 10.0. The molecule has 0 fully saturated rings. The second kappa shape index (κ2) is 7.91. The third-order valence-corrected chi connectivity index (χ3v) is 6.85. The van der Waals surface area contributed by atoms with Crippen molar-refractivity contribution in [3.8, 4) is 11.1 Å². The molecular formula is C26H23F2N7O. The van der Waals surface area contributed by atoms with Crippen LogP contribution in [0.5, 0.6) is 0 Å². The van der Waals surface area contributed by atoms with Crippen LogP contribution in [-0.4, -0.2) is 29.1 Å². The third kappa shape index (κ3) is 3.43. The molecule has 4 heterocycles. The Labute approximate surface area is 204 Å². The van der Waals surface area contributed by atoms with Crippen LogP contribution in [0, 0.1) is 6.92 Å². The Bertz CT molecular complexity index is 1720. The summed E-state index contributed by atoms with van der Waals surface area (Å²) in [7, 11) is 1.69. The fraction of sp³-hybridized carbons (Fsp3) is 0.269. The first kappa shape index (κ1) is 22.3. The average Bonchev–Trinajstić information content (AvgIpc) is 3.45. The number of nitrogens with zero attached hydrogens (tertiary/aromatic N) is 6. The molecule has 1 aliphatic carbocycles. The number of alkyl halides is 2. The number of anilines is 1. The molecule has 0 bridgehead atoms. The first-order valence-electron chi connectivity index (χ1n) is 11.7. The van der Waals surface area contributed by atoms with Crippen LogP contribution in [0.25, 0.3) is 27.8 Å². The lowest BCUT2D eigenvalue weighted by Crippen LogP contribution is -2.14. The number of aryl methyl sites for hydroxylation is 2. The Hall–Kier alpha value is -4.21. The summed E-state index contributed by atoms with van der Waals surface area (Å²) in [4.78, 5) is 21.3. The number of benzene rings is 1. The highest BCUT2D eigenvalue weighted by atomic mass is 19.3. The number of rotatable bonds is 4. The quantitative estimate of drug-likeness (QED) is 0.400. The van der Waals surface area contributed by atoms with E-state index in [1.54, 1.807) is 43.0 Å². The van der Waals surface area contributed by atoms with Gasteiger partial charge in [-0.05, 0) is 43.5 Å². The zero-order chi connectivity index (χ0) is 25.2. The van der Waals surface area contributed by atoms with Crippen molar-refractivity contribution in [2.75, 3.05) is 5.32 Å².